The van der Waals surface area contributed by atoms with Crippen LogP contribution in [0.4, 0.5) is 13.2 Å². The Morgan fingerprint density at radius 2 is 1.95 bits per heavy atom. The van der Waals surface area contributed by atoms with Gasteiger partial charge in [0.2, 0.25) is 5.88 Å². The quantitative estimate of drug-likeness (QED) is 0.783. The number of aryl methyl sites for hydroxylation is 1. The minimum atomic E-state index is -5.08. The van der Waals surface area contributed by atoms with Crippen molar-refractivity contribution in [2.75, 3.05) is 0 Å². The van der Waals surface area contributed by atoms with E-state index in [2.05, 4.69) is 9.84 Å². The molecule has 2 rings (SSSR count). The summed E-state index contributed by atoms with van der Waals surface area (Å²) in [5.41, 5.74) is 1.05. The molecule has 4 nitrogen and oxygen atoms in total. The number of hydrogen-bond donors (Lipinski definition) is 0. The van der Waals surface area contributed by atoms with Gasteiger partial charge in [-0.05, 0) is 24.6 Å². The second-order valence-corrected chi connectivity index (χ2v) is 5.23. The van der Waals surface area contributed by atoms with Gasteiger partial charge in [0, 0.05) is 6.07 Å². The van der Waals surface area contributed by atoms with Crippen LogP contribution in [0.15, 0.2) is 24.3 Å². The summed E-state index contributed by atoms with van der Waals surface area (Å²) in [6, 6.07) is 5.98. The van der Waals surface area contributed by atoms with Crippen molar-refractivity contribution in [3.63, 3.8) is 0 Å². The van der Waals surface area contributed by atoms with E-state index < -0.39 is 12.1 Å². The SMILES string of the molecule is Cc1cc(OC(=O)C(F)(F)F)n(Cc2ccc(Cl)c(Cl)c2)n1. The number of alkyl halides is 3. The van der Waals surface area contributed by atoms with Gasteiger partial charge in [0.05, 0.1) is 22.3 Å². The molecule has 9 heteroatoms. The van der Waals surface area contributed by atoms with Crippen molar-refractivity contribution in [1.82, 2.24) is 9.78 Å². The molecule has 0 saturated heterocycles. The number of benzene rings is 1. The monoisotopic (exact) mass is 352 g/mol. The molecule has 0 saturated carbocycles. The van der Waals surface area contributed by atoms with Crippen molar-refractivity contribution < 1.29 is 22.7 Å². The molecule has 2 aromatic rings. The highest BCUT2D eigenvalue weighted by Gasteiger charge is 2.42. The fourth-order valence-electron chi connectivity index (χ4n) is 1.68. The Kier molecular flexibility index (Phi) is 4.67. The number of carbonyl (C=O) groups excluding carboxylic acids is 1. The summed E-state index contributed by atoms with van der Waals surface area (Å²) in [5.74, 6) is -2.60. The number of rotatable bonds is 3. The highest BCUT2D eigenvalue weighted by atomic mass is 35.5. The average molecular weight is 353 g/mol. The van der Waals surface area contributed by atoms with E-state index in [1.807, 2.05) is 0 Å². The largest absolute Gasteiger partial charge is 0.491 e. The van der Waals surface area contributed by atoms with Gasteiger partial charge in [-0.25, -0.2) is 9.48 Å². The highest BCUT2D eigenvalue weighted by Crippen LogP contribution is 2.25. The summed E-state index contributed by atoms with van der Waals surface area (Å²) >= 11 is 11.7. The van der Waals surface area contributed by atoms with E-state index in [0.29, 0.717) is 21.3 Å². The van der Waals surface area contributed by atoms with Gasteiger partial charge in [0.15, 0.2) is 0 Å². The number of aromatic nitrogens is 2. The van der Waals surface area contributed by atoms with E-state index in [1.54, 1.807) is 25.1 Å². The van der Waals surface area contributed by atoms with Crippen molar-refractivity contribution in [2.24, 2.45) is 0 Å². The first-order valence-electron chi connectivity index (χ1n) is 5.94. The van der Waals surface area contributed by atoms with Gasteiger partial charge < -0.3 is 4.74 Å². The topological polar surface area (TPSA) is 44.1 Å². The molecule has 1 aromatic carbocycles. The second kappa shape index (κ2) is 6.18. The Hall–Kier alpha value is -1.73. The van der Waals surface area contributed by atoms with E-state index >= 15 is 0 Å². The zero-order valence-corrected chi connectivity index (χ0v) is 12.6. The molecule has 0 bridgehead atoms. The molecule has 0 aliphatic heterocycles. The van der Waals surface area contributed by atoms with Gasteiger partial charge in [0.25, 0.3) is 0 Å². The Morgan fingerprint density at radius 3 is 2.55 bits per heavy atom. The third-order valence-electron chi connectivity index (χ3n) is 2.61. The Bertz CT molecular complexity index is 714. The van der Waals surface area contributed by atoms with Crippen molar-refractivity contribution in [2.45, 2.75) is 19.6 Å². The maximum atomic E-state index is 12.3. The number of esters is 1. The number of hydrogen-bond acceptors (Lipinski definition) is 3. The fourth-order valence-corrected chi connectivity index (χ4v) is 2.00. The van der Waals surface area contributed by atoms with Crippen LogP contribution in [0.3, 0.4) is 0 Å². The van der Waals surface area contributed by atoms with Gasteiger partial charge in [-0.3, -0.25) is 0 Å². The van der Waals surface area contributed by atoms with Crippen LogP contribution in [0.2, 0.25) is 10.0 Å². The second-order valence-electron chi connectivity index (χ2n) is 4.42. The molecule has 0 radical (unpaired) electrons. The smallest absolute Gasteiger partial charge is 0.401 e. The first-order chi connectivity index (χ1) is 10.2. The standard InChI is InChI=1S/C13H9Cl2F3N2O2/c1-7-4-11(22-12(21)13(16,17)18)20(19-7)6-8-2-3-9(14)10(15)5-8/h2-5H,6H2,1H3. The van der Waals surface area contributed by atoms with Gasteiger partial charge in [-0.1, -0.05) is 29.3 Å². The lowest BCUT2D eigenvalue weighted by atomic mass is 10.2. The molecule has 0 atom stereocenters. The summed E-state index contributed by atoms with van der Waals surface area (Å²) in [4.78, 5) is 10.9. The van der Waals surface area contributed by atoms with Crippen LogP contribution >= 0.6 is 23.2 Å². The first-order valence-corrected chi connectivity index (χ1v) is 6.70. The molecule has 118 valence electrons. The number of carbonyl (C=O) groups is 1. The number of ether oxygens (including phenoxy) is 1. The molecule has 0 amide bonds. The third-order valence-corrected chi connectivity index (χ3v) is 3.35. The maximum absolute atomic E-state index is 12.3. The zero-order chi connectivity index (χ0) is 16.5. The molecular formula is C13H9Cl2F3N2O2. The normalized spacial score (nSPS) is 11.5. The predicted octanol–water partition coefficient (Wildman–Crippen LogP) is 4.01. The van der Waals surface area contributed by atoms with Crippen LogP contribution in [-0.2, 0) is 11.3 Å². The van der Waals surface area contributed by atoms with Crippen LogP contribution in [0.1, 0.15) is 11.3 Å². The molecule has 0 N–H and O–H groups in total. The lowest BCUT2D eigenvalue weighted by molar-refractivity contribution is -0.190. The molecular weight excluding hydrogens is 344 g/mol. The summed E-state index contributed by atoms with van der Waals surface area (Å²) in [6.45, 7) is 1.64. The molecule has 0 aliphatic rings. The van der Waals surface area contributed by atoms with Crippen LogP contribution in [-0.4, -0.2) is 21.9 Å². The number of nitrogens with zero attached hydrogens (tertiary/aromatic N) is 2. The minimum absolute atomic E-state index is 0.0746. The van der Waals surface area contributed by atoms with Gasteiger partial charge in [-0.15, -0.1) is 0 Å². The fraction of sp³-hybridized carbons (Fsp3) is 0.231. The molecule has 0 aliphatic carbocycles. The van der Waals surface area contributed by atoms with Gasteiger partial charge in [0.1, 0.15) is 0 Å². The minimum Gasteiger partial charge on any atom is -0.401 e. The average Bonchev–Trinajstić information content (AvgIpc) is 2.73. The lowest BCUT2D eigenvalue weighted by Crippen LogP contribution is -2.28. The summed E-state index contributed by atoms with van der Waals surface area (Å²) in [5, 5.41) is 4.64. The Balaban J connectivity index is 2.24. The summed E-state index contributed by atoms with van der Waals surface area (Å²) in [7, 11) is 0. The lowest BCUT2D eigenvalue weighted by Gasteiger charge is -2.10. The maximum Gasteiger partial charge on any atom is 0.491 e. The molecule has 1 heterocycles. The van der Waals surface area contributed by atoms with Crippen LogP contribution < -0.4 is 4.74 Å². The van der Waals surface area contributed by atoms with Crippen LogP contribution in [0.5, 0.6) is 5.88 Å². The van der Waals surface area contributed by atoms with E-state index in [1.165, 1.54) is 6.07 Å². The molecule has 0 unspecified atom stereocenters. The van der Waals surface area contributed by atoms with Gasteiger partial charge in [-0.2, -0.15) is 18.3 Å². The molecule has 1 aromatic heterocycles. The predicted molar refractivity (Wildman–Crippen MR) is 74.2 cm³/mol. The highest BCUT2D eigenvalue weighted by molar-refractivity contribution is 6.42. The zero-order valence-electron chi connectivity index (χ0n) is 11.1. The molecule has 0 fully saturated rings. The van der Waals surface area contributed by atoms with Gasteiger partial charge >= 0.3 is 12.1 Å². The third kappa shape index (κ3) is 3.92. The molecule has 22 heavy (non-hydrogen) atoms. The summed E-state index contributed by atoms with van der Waals surface area (Å²) in [6.07, 6.45) is -5.08. The van der Waals surface area contributed by atoms with E-state index in [9.17, 15) is 18.0 Å². The first kappa shape index (κ1) is 16.6. The van der Waals surface area contributed by atoms with Crippen molar-refractivity contribution >= 4 is 29.2 Å². The van der Waals surface area contributed by atoms with Crippen LogP contribution in [0.25, 0.3) is 0 Å². The molecule has 0 spiro atoms. The number of halogens is 5. The van der Waals surface area contributed by atoms with E-state index in [0.717, 1.165) is 4.68 Å². The van der Waals surface area contributed by atoms with Crippen molar-refractivity contribution in [3.8, 4) is 5.88 Å². The van der Waals surface area contributed by atoms with E-state index in [4.69, 9.17) is 23.2 Å². The Morgan fingerprint density at radius 1 is 1.27 bits per heavy atom. The van der Waals surface area contributed by atoms with Crippen molar-refractivity contribution in [1.29, 1.82) is 0 Å². The van der Waals surface area contributed by atoms with Crippen molar-refractivity contribution in [3.05, 3.63) is 45.6 Å². The Labute approximate surface area is 133 Å². The van der Waals surface area contributed by atoms with Crippen LogP contribution in [0, 0.1) is 6.92 Å². The van der Waals surface area contributed by atoms with E-state index in [-0.39, 0.29) is 12.4 Å². The summed E-state index contributed by atoms with van der Waals surface area (Å²) < 4.78 is 42.3.